The van der Waals surface area contributed by atoms with Gasteiger partial charge in [0, 0.05) is 17.4 Å². The van der Waals surface area contributed by atoms with Gasteiger partial charge in [-0.3, -0.25) is 0 Å². The monoisotopic (exact) mass is 402 g/mol. The van der Waals surface area contributed by atoms with E-state index >= 15 is 0 Å². The summed E-state index contributed by atoms with van der Waals surface area (Å²) in [6, 6.07) is 6.20. The number of hydrogen-bond acceptors (Lipinski definition) is 2. The lowest BCUT2D eigenvalue weighted by atomic mass is 10.1. The van der Waals surface area contributed by atoms with Crippen molar-refractivity contribution < 1.29 is 8.42 Å². The highest BCUT2D eigenvalue weighted by atomic mass is 35.5. The fourth-order valence-electron chi connectivity index (χ4n) is 1.79. The van der Waals surface area contributed by atoms with Gasteiger partial charge in [0.05, 0.1) is 30.0 Å². The van der Waals surface area contributed by atoms with Crippen molar-refractivity contribution in [3.8, 4) is 11.1 Å². The molecule has 0 N–H and O–H groups in total. The molecule has 2 rings (SSSR count). The number of sulfone groups is 1. The Morgan fingerprint density at radius 3 is 2.05 bits per heavy atom. The van der Waals surface area contributed by atoms with Gasteiger partial charge in [-0.15, -0.1) is 0 Å². The van der Waals surface area contributed by atoms with Gasteiger partial charge in [-0.25, -0.2) is 8.42 Å². The maximum atomic E-state index is 11.7. The topological polar surface area (TPSA) is 34.1 Å². The quantitative estimate of drug-likeness (QED) is 0.573. The van der Waals surface area contributed by atoms with Gasteiger partial charge < -0.3 is 0 Å². The number of rotatable bonds is 2. The Hall–Kier alpha value is -0.160. The summed E-state index contributed by atoms with van der Waals surface area (Å²) in [6.07, 6.45) is 1.02. The van der Waals surface area contributed by atoms with Crippen molar-refractivity contribution in [3.05, 3.63) is 49.4 Å². The van der Waals surface area contributed by atoms with Crippen molar-refractivity contribution in [2.45, 2.75) is 4.90 Å². The van der Waals surface area contributed by atoms with Gasteiger partial charge in [0.15, 0.2) is 9.84 Å². The van der Waals surface area contributed by atoms with Crippen LogP contribution in [0.15, 0.2) is 29.2 Å². The van der Waals surface area contributed by atoms with Gasteiger partial charge in [0.2, 0.25) is 0 Å². The van der Waals surface area contributed by atoms with Crippen LogP contribution in [0.5, 0.6) is 0 Å². The van der Waals surface area contributed by atoms with Crippen molar-refractivity contribution in [1.29, 1.82) is 0 Å². The summed E-state index contributed by atoms with van der Waals surface area (Å²) < 4.78 is 23.4. The van der Waals surface area contributed by atoms with Crippen molar-refractivity contribution >= 4 is 67.8 Å². The number of hydrogen-bond donors (Lipinski definition) is 0. The molecule has 0 aliphatic carbocycles. The summed E-state index contributed by atoms with van der Waals surface area (Å²) in [4.78, 5) is -0.138. The standard InChI is InChI=1S/C13H7Cl5O2S/c1-21(19,20)9-5-8(15)10(13(18)12(9)17)6-3-2-4-7(14)11(6)16/h2-5H,1H3. The van der Waals surface area contributed by atoms with Crippen molar-refractivity contribution in [1.82, 2.24) is 0 Å². The average Bonchev–Trinajstić information content (AvgIpc) is 2.37. The second-order valence-electron chi connectivity index (χ2n) is 4.23. The third-order valence-electron chi connectivity index (χ3n) is 2.75. The molecular weight excluding hydrogens is 397 g/mol. The summed E-state index contributed by atoms with van der Waals surface area (Å²) in [7, 11) is -3.56. The van der Waals surface area contributed by atoms with Gasteiger partial charge in [-0.1, -0.05) is 70.1 Å². The fourth-order valence-corrected chi connectivity index (χ4v) is 4.29. The van der Waals surface area contributed by atoms with Crippen molar-refractivity contribution in [3.63, 3.8) is 0 Å². The second kappa shape index (κ2) is 6.15. The average molecular weight is 405 g/mol. The first-order chi connectivity index (χ1) is 9.64. The molecule has 0 atom stereocenters. The molecule has 0 aliphatic rings. The molecule has 0 bridgehead atoms. The first-order valence-corrected chi connectivity index (χ1v) is 9.24. The molecular formula is C13H7Cl5O2S. The molecule has 21 heavy (non-hydrogen) atoms. The number of halogens is 5. The highest BCUT2D eigenvalue weighted by Gasteiger charge is 2.23. The maximum absolute atomic E-state index is 11.7. The summed E-state index contributed by atoms with van der Waals surface area (Å²) >= 11 is 30.5. The van der Waals surface area contributed by atoms with Gasteiger partial charge in [-0.2, -0.15) is 0 Å². The predicted molar refractivity (Wildman–Crippen MR) is 90.0 cm³/mol. The lowest BCUT2D eigenvalue weighted by molar-refractivity contribution is 0.602. The normalized spacial score (nSPS) is 11.7. The SMILES string of the molecule is CS(=O)(=O)c1cc(Cl)c(-c2cccc(Cl)c2Cl)c(Cl)c1Cl. The van der Waals surface area contributed by atoms with E-state index in [9.17, 15) is 8.42 Å². The van der Waals surface area contributed by atoms with Crippen LogP contribution in [0.1, 0.15) is 0 Å². The van der Waals surface area contributed by atoms with Crippen LogP contribution in [-0.2, 0) is 9.84 Å². The van der Waals surface area contributed by atoms with E-state index in [1.807, 2.05) is 0 Å². The van der Waals surface area contributed by atoms with Crippen LogP contribution in [0, 0.1) is 0 Å². The van der Waals surface area contributed by atoms with Gasteiger partial charge in [-0.05, 0) is 12.1 Å². The molecule has 2 aromatic carbocycles. The summed E-state index contributed by atoms with van der Waals surface area (Å²) in [6.45, 7) is 0. The number of benzene rings is 2. The van der Waals surface area contributed by atoms with Gasteiger partial charge in [0.1, 0.15) is 0 Å². The highest BCUT2D eigenvalue weighted by Crippen LogP contribution is 2.45. The van der Waals surface area contributed by atoms with E-state index in [1.54, 1.807) is 18.2 Å². The minimum atomic E-state index is -3.56. The Morgan fingerprint density at radius 2 is 1.48 bits per heavy atom. The van der Waals surface area contributed by atoms with E-state index in [1.165, 1.54) is 6.07 Å². The molecule has 2 nitrogen and oxygen atoms in total. The fraction of sp³-hybridized carbons (Fsp3) is 0.0769. The summed E-state index contributed by atoms with van der Waals surface area (Å²) in [5.41, 5.74) is 0.810. The molecule has 2 aromatic rings. The predicted octanol–water partition coefficient (Wildman–Crippen LogP) is 6.02. The first-order valence-electron chi connectivity index (χ1n) is 5.46. The highest BCUT2D eigenvalue weighted by molar-refractivity contribution is 7.90. The van der Waals surface area contributed by atoms with E-state index in [0.717, 1.165) is 6.26 Å². The van der Waals surface area contributed by atoms with Crippen LogP contribution in [-0.4, -0.2) is 14.7 Å². The minimum absolute atomic E-state index is 0.00811. The van der Waals surface area contributed by atoms with Crippen LogP contribution in [0.4, 0.5) is 0 Å². The zero-order valence-electron chi connectivity index (χ0n) is 10.4. The Labute approximate surface area is 147 Å². The zero-order chi connectivity index (χ0) is 15.9. The Morgan fingerprint density at radius 1 is 0.857 bits per heavy atom. The molecule has 0 spiro atoms. The minimum Gasteiger partial charge on any atom is -0.224 e. The van der Waals surface area contributed by atoms with E-state index in [4.69, 9.17) is 58.0 Å². The molecule has 0 saturated carbocycles. The van der Waals surface area contributed by atoms with Crippen LogP contribution in [0.3, 0.4) is 0 Å². The zero-order valence-corrected chi connectivity index (χ0v) is 15.0. The molecule has 0 fully saturated rings. The summed E-state index contributed by atoms with van der Waals surface area (Å²) in [5.74, 6) is 0. The Bertz CT molecular complexity index is 831. The third kappa shape index (κ3) is 3.29. The molecule has 0 saturated heterocycles. The summed E-state index contributed by atoms with van der Waals surface area (Å²) in [5, 5.41) is 0.605. The molecule has 0 amide bonds. The molecule has 0 aliphatic heterocycles. The van der Waals surface area contributed by atoms with E-state index < -0.39 is 9.84 Å². The van der Waals surface area contributed by atoms with E-state index in [-0.39, 0.29) is 25.0 Å². The van der Waals surface area contributed by atoms with Crippen LogP contribution in [0.2, 0.25) is 25.1 Å². The third-order valence-corrected chi connectivity index (χ3v) is 5.96. The molecule has 0 heterocycles. The van der Waals surface area contributed by atoms with Gasteiger partial charge in [0.25, 0.3) is 0 Å². The molecule has 0 unspecified atom stereocenters. The largest absolute Gasteiger partial charge is 0.224 e. The molecule has 0 aromatic heterocycles. The molecule has 0 radical (unpaired) electrons. The Balaban J connectivity index is 2.84. The van der Waals surface area contributed by atoms with E-state index in [2.05, 4.69) is 0 Å². The molecule has 112 valence electrons. The van der Waals surface area contributed by atoms with Crippen molar-refractivity contribution in [2.24, 2.45) is 0 Å². The van der Waals surface area contributed by atoms with Crippen molar-refractivity contribution in [2.75, 3.05) is 6.26 Å². The van der Waals surface area contributed by atoms with E-state index in [0.29, 0.717) is 16.1 Å². The lowest BCUT2D eigenvalue weighted by Crippen LogP contribution is -2.00. The lowest BCUT2D eigenvalue weighted by Gasteiger charge is -2.14. The molecule has 8 heteroatoms. The smallest absolute Gasteiger partial charge is 0.177 e. The van der Waals surface area contributed by atoms with Crippen LogP contribution < -0.4 is 0 Å². The van der Waals surface area contributed by atoms with Crippen LogP contribution in [0.25, 0.3) is 11.1 Å². The van der Waals surface area contributed by atoms with Crippen LogP contribution >= 0.6 is 58.0 Å². The maximum Gasteiger partial charge on any atom is 0.177 e. The Kier molecular flexibility index (Phi) is 5.04. The second-order valence-corrected chi connectivity index (χ2v) is 8.17. The first kappa shape index (κ1) is 17.2. The van der Waals surface area contributed by atoms with Gasteiger partial charge >= 0.3 is 0 Å².